The fourth-order valence-corrected chi connectivity index (χ4v) is 1.18. The predicted octanol–water partition coefficient (Wildman–Crippen LogP) is 2.68. The van der Waals surface area contributed by atoms with Crippen LogP contribution in [0.3, 0.4) is 0 Å². The molecule has 0 aromatic rings. The van der Waals surface area contributed by atoms with Crippen molar-refractivity contribution in [3.63, 3.8) is 0 Å². The molecule has 1 heteroatoms. The number of allylic oxidation sites excluding steroid dienone is 3. The van der Waals surface area contributed by atoms with Gasteiger partial charge in [0.05, 0.1) is 0 Å². The summed E-state index contributed by atoms with van der Waals surface area (Å²) in [5, 5.41) is 0. The molecule has 0 bridgehead atoms. The highest BCUT2D eigenvalue weighted by molar-refractivity contribution is 5.32. The van der Waals surface area contributed by atoms with Crippen LogP contribution in [0.1, 0.15) is 20.8 Å². The van der Waals surface area contributed by atoms with E-state index in [1.807, 2.05) is 0 Å². The summed E-state index contributed by atoms with van der Waals surface area (Å²) in [4.78, 5) is 2.16. The molecular weight excluding hydrogens is 134 g/mol. The molecule has 0 atom stereocenters. The Hall–Kier alpha value is -0.980. The van der Waals surface area contributed by atoms with Crippen molar-refractivity contribution in [1.82, 2.24) is 4.90 Å². The molecule has 0 saturated carbocycles. The number of rotatable bonds is 1. The molecule has 1 heterocycles. The van der Waals surface area contributed by atoms with E-state index in [0.29, 0.717) is 6.04 Å². The summed E-state index contributed by atoms with van der Waals surface area (Å²) in [7, 11) is 0. The molecule has 0 N–H and O–H groups in total. The van der Waals surface area contributed by atoms with Gasteiger partial charge < -0.3 is 4.90 Å². The van der Waals surface area contributed by atoms with Crippen molar-refractivity contribution in [1.29, 1.82) is 0 Å². The van der Waals surface area contributed by atoms with E-state index in [-0.39, 0.29) is 0 Å². The predicted molar refractivity (Wildman–Crippen MR) is 49.0 cm³/mol. The minimum absolute atomic E-state index is 0.503. The van der Waals surface area contributed by atoms with E-state index in [2.05, 4.69) is 50.6 Å². The summed E-state index contributed by atoms with van der Waals surface area (Å²) in [6.45, 7) is 10.4. The zero-order chi connectivity index (χ0) is 8.43. The van der Waals surface area contributed by atoms with Crippen LogP contribution in [0, 0.1) is 0 Å². The molecule has 11 heavy (non-hydrogen) atoms. The minimum atomic E-state index is 0.503. The molecule has 0 fully saturated rings. The first-order chi connectivity index (χ1) is 5.11. The van der Waals surface area contributed by atoms with E-state index < -0.39 is 0 Å². The Morgan fingerprint density at radius 1 is 1.45 bits per heavy atom. The summed E-state index contributed by atoms with van der Waals surface area (Å²) < 4.78 is 0. The second-order valence-electron chi connectivity index (χ2n) is 3.20. The number of nitrogens with zero attached hydrogens (tertiary/aromatic N) is 1. The first-order valence-corrected chi connectivity index (χ1v) is 3.95. The molecule has 1 rings (SSSR count). The third-order valence-electron chi connectivity index (χ3n) is 1.78. The molecule has 0 saturated heterocycles. The Morgan fingerprint density at radius 2 is 2.09 bits per heavy atom. The van der Waals surface area contributed by atoms with E-state index in [9.17, 15) is 0 Å². The van der Waals surface area contributed by atoms with Gasteiger partial charge in [0.15, 0.2) is 0 Å². The third kappa shape index (κ3) is 1.73. The lowest BCUT2D eigenvalue weighted by molar-refractivity contribution is 0.393. The average Bonchev–Trinajstić information content (AvgIpc) is 1.85. The van der Waals surface area contributed by atoms with Crippen LogP contribution in [0.25, 0.3) is 0 Å². The van der Waals surface area contributed by atoms with Crippen LogP contribution in [0.5, 0.6) is 0 Å². The van der Waals surface area contributed by atoms with Crippen LogP contribution in [0.2, 0.25) is 0 Å². The van der Waals surface area contributed by atoms with E-state index >= 15 is 0 Å². The summed E-state index contributed by atoms with van der Waals surface area (Å²) in [6, 6.07) is 0.503. The maximum absolute atomic E-state index is 3.97. The zero-order valence-corrected chi connectivity index (χ0v) is 7.46. The fourth-order valence-electron chi connectivity index (χ4n) is 1.18. The van der Waals surface area contributed by atoms with Gasteiger partial charge in [0.25, 0.3) is 0 Å². The highest BCUT2D eigenvalue weighted by atomic mass is 15.1. The van der Waals surface area contributed by atoms with Crippen molar-refractivity contribution in [3.05, 3.63) is 36.2 Å². The summed E-state index contributed by atoms with van der Waals surface area (Å²) >= 11 is 0. The van der Waals surface area contributed by atoms with Gasteiger partial charge in [0, 0.05) is 17.9 Å². The van der Waals surface area contributed by atoms with E-state index in [4.69, 9.17) is 0 Å². The molecular formula is C10H15N. The second kappa shape index (κ2) is 2.95. The van der Waals surface area contributed by atoms with Gasteiger partial charge in [0.1, 0.15) is 0 Å². The van der Waals surface area contributed by atoms with Gasteiger partial charge in [-0.05, 0) is 38.5 Å². The highest BCUT2D eigenvalue weighted by Crippen LogP contribution is 2.17. The maximum Gasteiger partial charge on any atom is 0.0338 e. The lowest BCUT2D eigenvalue weighted by atomic mass is 10.1. The molecule has 1 aliphatic heterocycles. The van der Waals surface area contributed by atoms with Gasteiger partial charge >= 0.3 is 0 Å². The zero-order valence-electron chi connectivity index (χ0n) is 7.46. The molecule has 0 aromatic heterocycles. The van der Waals surface area contributed by atoms with Crippen molar-refractivity contribution in [2.75, 3.05) is 0 Å². The smallest absolute Gasteiger partial charge is 0.0338 e. The van der Waals surface area contributed by atoms with Crippen molar-refractivity contribution in [3.8, 4) is 0 Å². The van der Waals surface area contributed by atoms with Crippen LogP contribution in [0.15, 0.2) is 36.2 Å². The van der Waals surface area contributed by atoms with Gasteiger partial charge in [-0.15, -0.1) is 0 Å². The Labute approximate surface area is 68.7 Å². The molecule has 0 amide bonds. The van der Waals surface area contributed by atoms with Crippen molar-refractivity contribution >= 4 is 0 Å². The first kappa shape index (κ1) is 8.12. The minimum Gasteiger partial charge on any atom is -0.346 e. The summed E-state index contributed by atoms with van der Waals surface area (Å²) in [5.74, 6) is 0. The molecule has 0 aliphatic carbocycles. The van der Waals surface area contributed by atoms with E-state index in [0.717, 1.165) is 5.70 Å². The maximum atomic E-state index is 3.97. The molecule has 0 spiro atoms. The first-order valence-electron chi connectivity index (χ1n) is 3.95. The molecule has 0 aromatic carbocycles. The monoisotopic (exact) mass is 149 g/mol. The van der Waals surface area contributed by atoms with Gasteiger partial charge in [-0.25, -0.2) is 0 Å². The Morgan fingerprint density at radius 3 is 2.55 bits per heavy atom. The van der Waals surface area contributed by atoms with Crippen molar-refractivity contribution < 1.29 is 0 Å². The number of hydrogen-bond donors (Lipinski definition) is 0. The molecule has 0 radical (unpaired) electrons. The standard InChI is InChI=1S/C10H15N/c1-8(2)11-6-5-9(3)7-10(11)4/h5-8H,4H2,1-3H3. The Balaban J connectivity index is 2.77. The Bertz CT molecular complexity index is 221. The molecule has 60 valence electrons. The third-order valence-corrected chi connectivity index (χ3v) is 1.78. The average molecular weight is 149 g/mol. The van der Waals surface area contributed by atoms with Crippen molar-refractivity contribution in [2.24, 2.45) is 0 Å². The van der Waals surface area contributed by atoms with E-state index in [1.165, 1.54) is 5.57 Å². The second-order valence-corrected chi connectivity index (χ2v) is 3.20. The van der Waals surface area contributed by atoms with Crippen LogP contribution in [0.4, 0.5) is 0 Å². The lowest BCUT2D eigenvalue weighted by Gasteiger charge is -2.27. The highest BCUT2D eigenvalue weighted by Gasteiger charge is 2.08. The van der Waals surface area contributed by atoms with Gasteiger partial charge in [-0.1, -0.05) is 6.58 Å². The number of hydrogen-bond acceptors (Lipinski definition) is 1. The van der Waals surface area contributed by atoms with Crippen molar-refractivity contribution in [2.45, 2.75) is 26.8 Å². The van der Waals surface area contributed by atoms with Gasteiger partial charge in [-0.3, -0.25) is 0 Å². The molecule has 1 nitrogen and oxygen atoms in total. The normalized spacial score (nSPS) is 17.6. The summed E-state index contributed by atoms with van der Waals surface area (Å²) in [5.41, 5.74) is 2.35. The van der Waals surface area contributed by atoms with Crippen LogP contribution < -0.4 is 0 Å². The largest absolute Gasteiger partial charge is 0.346 e. The topological polar surface area (TPSA) is 3.24 Å². The quantitative estimate of drug-likeness (QED) is 0.554. The SMILES string of the molecule is C=C1C=C(C)C=CN1C(C)C. The Kier molecular flexibility index (Phi) is 2.18. The van der Waals surface area contributed by atoms with E-state index in [1.54, 1.807) is 0 Å². The van der Waals surface area contributed by atoms with Crippen LogP contribution >= 0.6 is 0 Å². The fraction of sp³-hybridized carbons (Fsp3) is 0.400. The van der Waals surface area contributed by atoms with Gasteiger partial charge in [0.2, 0.25) is 0 Å². The summed E-state index contributed by atoms with van der Waals surface area (Å²) in [6.07, 6.45) is 6.29. The molecule has 1 aliphatic rings. The van der Waals surface area contributed by atoms with Crippen LogP contribution in [-0.4, -0.2) is 10.9 Å². The van der Waals surface area contributed by atoms with Crippen LogP contribution in [-0.2, 0) is 0 Å². The lowest BCUT2D eigenvalue weighted by Crippen LogP contribution is -2.24. The van der Waals surface area contributed by atoms with Gasteiger partial charge in [-0.2, -0.15) is 0 Å². The molecule has 0 unspecified atom stereocenters.